The lowest BCUT2D eigenvalue weighted by Crippen LogP contribution is -2.34. The van der Waals surface area contributed by atoms with Gasteiger partial charge in [-0.25, -0.2) is 0 Å². The number of benzene rings is 1. The highest BCUT2D eigenvalue weighted by molar-refractivity contribution is 8.18. The Kier molecular flexibility index (Phi) is 5.21. The van der Waals surface area contributed by atoms with Crippen molar-refractivity contribution in [3.8, 4) is 5.69 Å². The minimum Gasteiger partial charge on any atom is -0.317 e. The number of imide groups is 1. The Labute approximate surface area is 164 Å². The SMILES string of the molecule is Cc1cccc(-n2cccc2/C=C2/SC(=O)N(CC3CCCCC3)C2=O)c1. The number of nitrogens with zero attached hydrogens (tertiary/aromatic N) is 2. The molecule has 2 fully saturated rings. The van der Waals surface area contributed by atoms with Crippen molar-refractivity contribution in [3.63, 3.8) is 0 Å². The summed E-state index contributed by atoms with van der Waals surface area (Å²) >= 11 is 1.06. The minimum absolute atomic E-state index is 0.134. The van der Waals surface area contributed by atoms with Crippen LogP contribution in [0.2, 0.25) is 0 Å². The van der Waals surface area contributed by atoms with Gasteiger partial charge in [-0.2, -0.15) is 0 Å². The smallest absolute Gasteiger partial charge is 0.293 e. The Morgan fingerprint density at radius 1 is 1.11 bits per heavy atom. The van der Waals surface area contributed by atoms with Gasteiger partial charge in [0, 0.05) is 24.1 Å². The van der Waals surface area contributed by atoms with Gasteiger partial charge in [0.2, 0.25) is 0 Å². The molecule has 4 nitrogen and oxygen atoms in total. The molecule has 0 radical (unpaired) electrons. The van der Waals surface area contributed by atoms with Crippen molar-refractivity contribution in [2.24, 2.45) is 5.92 Å². The third-order valence-corrected chi connectivity index (χ3v) is 6.29. The molecule has 140 valence electrons. The van der Waals surface area contributed by atoms with E-state index in [4.69, 9.17) is 0 Å². The van der Waals surface area contributed by atoms with Crippen LogP contribution in [0.5, 0.6) is 0 Å². The number of thioether (sulfide) groups is 1. The standard InChI is InChI=1S/C22H24N2O2S/c1-16-7-5-10-18(13-16)23-12-6-11-19(23)14-20-21(25)24(22(26)27-20)15-17-8-3-2-4-9-17/h5-7,10-14,17H,2-4,8-9,15H2,1H3/b20-14+. The molecule has 2 heterocycles. The quantitative estimate of drug-likeness (QED) is 0.667. The summed E-state index contributed by atoms with van der Waals surface area (Å²) in [6, 6.07) is 12.2. The molecule has 1 aromatic heterocycles. The molecule has 2 aliphatic rings. The Hall–Kier alpha value is -2.27. The second-order valence-electron chi connectivity index (χ2n) is 7.44. The monoisotopic (exact) mass is 380 g/mol. The van der Waals surface area contributed by atoms with Crippen molar-refractivity contribution in [1.82, 2.24) is 9.47 Å². The molecule has 2 aromatic rings. The first-order valence-corrected chi connectivity index (χ1v) is 10.4. The van der Waals surface area contributed by atoms with Gasteiger partial charge in [0.25, 0.3) is 11.1 Å². The molecule has 0 unspecified atom stereocenters. The summed E-state index contributed by atoms with van der Waals surface area (Å²) in [4.78, 5) is 27.2. The maximum absolute atomic E-state index is 12.8. The van der Waals surface area contributed by atoms with Gasteiger partial charge in [0.15, 0.2) is 0 Å². The van der Waals surface area contributed by atoms with Crippen molar-refractivity contribution in [1.29, 1.82) is 0 Å². The van der Waals surface area contributed by atoms with Crippen LogP contribution in [-0.4, -0.2) is 27.2 Å². The van der Waals surface area contributed by atoms with Gasteiger partial charge < -0.3 is 4.57 Å². The second kappa shape index (κ2) is 7.77. The van der Waals surface area contributed by atoms with Crippen LogP contribution in [0.3, 0.4) is 0 Å². The molecule has 4 rings (SSSR count). The number of hydrogen-bond donors (Lipinski definition) is 0. The summed E-state index contributed by atoms with van der Waals surface area (Å²) < 4.78 is 2.04. The Balaban J connectivity index is 1.56. The first-order chi connectivity index (χ1) is 13.1. The van der Waals surface area contributed by atoms with Crippen LogP contribution in [0.15, 0.2) is 47.5 Å². The van der Waals surface area contributed by atoms with Crippen molar-refractivity contribution < 1.29 is 9.59 Å². The minimum atomic E-state index is -0.146. The Morgan fingerprint density at radius 2 is 1.93 bits per heavy atom. The normalized spacial score (nSPS) is 20.0. The van der Waals surface area contributed by atoms with Crippen LogP contribution in [0.4, 0.5) is 4.79 Å². The van der Waals surface area contributed by atoms with E-state index in [9.17, 15) is 9.59 Å². The average Bonchev–Trinajstić information content (AvgIpc) is 3.23. The summed E-state index contributed by atoms with van der Waals surface area (Å²) in [5.74, 6) is 0.315. The zero-order chi connectivity index (χ0) is 18.8. The van der Waals surface area contributed by atoms with E-state index in [1.54, 1.807) is 0 Å². The van der Waals surface area contributed by atoms with E-state index in [0.29, 0.717) is 17.4 Å². The molecule has 0 atom stereocenters. The summed E-state index contributed by atoms with van der Waals surface area (Å²) in [7, 11) is 0. The molecule has 5 heteroatoms. The zero-order valence-electron chi connectivity index (χ0n) is 15.6. The van der Waals surface area contributed by atoms with Crippen molar-refractivity contribution in [3.05, 3.63) is 58.8 Å². The van der Waals surface area contributed by atoms with Crippen molar-refractivity contribution in [2.75, 3.05) is 6.54 Å². The van der Waals surface area contributed by atoms with Crippen LogP contribution < -0.4 is 0 Å². The molecule has 1 aliphatic carbocycles. The van der Waals surface area contributed by atoms with Crippen LogP contribution in [0.1, 0.15) is 43.4 Å². The van der Waals surface area contributed by atoms with Crippen LogP contribution in [0.25, 0.3) is 11.8 Å². The van der Waals surface area contributed by atoms with E-state index in [1.165, 1.54) is 29.7 Å². The number of carbonyl (C=O) groups excluding carboxylic acids is 2. The number of aromatic nitrogens is 1. The molecule has 1 saturated carbocycles. The maximum Gasteiger partial charge on any atom is 0.293 e. The molecule has 1 saturated heterocycles. The van der Waals surface area contributed by atoms with E-state index in [-0.39, 0.29) is 11.1 Å². The predicted octanol–water partition coefficient (Wildman–Crippen LogP) is 5.40. The number of amides is 2. The summed E-state index contributed by atoms with van der Waals surface area (Å²) in [5.41, 5.74) is 3.14. The first-order valence-electron chi connectivity index (χ1n) is 9.61. The first kappa shape index (κ1) is 18.1. The maximum atomic E-state index is 12.8. The van der Waals surface area contributed by atoms with Gasteiger partial charge in [0.05, 0.1) is 4.91 Å². The Bertz CT molecular complexity index is 893. The van der Waals surface area contributed by atoms with Crippen LogP contribution in [0, 0.1) is 12.8 Å². The predicted molar refractivity (Wildman–Crippen MR) is 110 cm³/mol. The van der Waals surface area contributed by atoms with E-state index in [1.807, 2.05) is 41.1 Å². The van der Waals surface area contributed by atoms with E-state index >= 15 is 0 Å². The number of aryl methyl sites for hydroxylation is 1. The lowest BCUT2D eigenvalue weighted by Gasteiger charge is -2.25. The van der Waals surface area contributed by atoms with E-state index < -0.39 is 0 Å². The van der Waals surface area contributed by atoms with E-state index in [0.717, 1.165) is 36.0 Å². The molecule has 0 spiro atoms. The highest BCUT2D eigenvalue weighted by Crippen LogP contribution is 2.35. The lowest BCUT2D eigenvalue weighted by atomic mass is 9.89. The van der Waals surface area contributed by atoms with Crippen LogP contribution >= 0.6 is 11.8 Å². The molecule has 27 heavy (non-hydrogen) atoms. The molecule has 1 aromatic carbocycles. The molecular weight excluding hydrogens is 356 g/mol. The van der Waals surface area contributed by atoms with Gasteiger partial charge in [0.1, 0.15) is 0 Å². The van der Waals surface area contributed by atoms with Gasteiger partial charge >= 0.3 is 0 Å². The van der Waals surface area contributed by atoms with Gasteiger partial charge in [-0.1, -0.05) is 31.4 Å². The fourth-order valence-electron chi connectivity index (χ4n) is 3.94. The molecule has 0 N–H and O–H groups in total. The topological polar surface area (TPSA) is 42.3 Å². The molecule has 1 aliphatic heterocycles. The van der Waals surface area contributed by atoms with Gasteiger partial charge in [-0.3, -0.25) is 14.5 Å². The fourth-order valence-corrected chi connectivity index (χ4v) is 4.78. The zero-order valence-corrected chi connectivity index (χ0v) is 16.4. The molecule has 2 amide bonds. The average molecular weight is 381 g/mol. The third-order valence-electron chi connectivity index (χ3n) is 5.38. The lowest BCUT2D eigenvalue weighted by molar-refractivity contribution is -0.123. The highest BCUT2D eigenvalue weighted by Gasteiger charge is 2.36. The summed E-state index contributed by atoms with van der Waals surface area (Å²) in [5, 5.41) is -0.134. The van der Waals surface area contributed by atoms with Gasteiger partial charge in [-0.05, 0) is 73.4 Å². The molecule has 0 bridgehead atoms. The number of carbonyl (C=O) groups is 2. The fraction of sp³-hybridized carbons (Fsp3) is 0.364. The van der Waals surface area contributed by atoms with E-state index in [2.05, 4.69) is 19.1 Å². The number of hydrogen-bond acceptors (Lipinski definition) is 3. The highest BCUT2D eigenvalue weighted by atomic mass is 32.2. The molecular formula is C22H24N2O2S. The summed E-state index contributed by atoms with van der Waals surface area (Å²) in [6.45, 7) is 2.63. The van der Waals surface area contributed by atoms with Crippen molar-refractivity contribution in [2.45, 2.75) is 39.0 Å². The number of rotatable bonds is 4. The third kappa shape index (κ3) is 3.88. The van der Waals surface area contributed by atoms with Crippen molar-refractivity contribution >= 4 is 29.0 Å². The Morgan fingerprint density at radius 3 is 2.70 bits per heavy atom. The van der Waals surface area contributed by atoms with Gasteiger partial charge in [-0.15, -0.1) is 0 Å². The largest absolute Gasteiger partial charge is 0.317 e. The summed E-state index contributed by atoms with van der Waals surface area (Å²) in [6.07, 6.45) is 9.75. The van der Waals surface area contributed by atoms with Crippen LogP contribution in [-0.2, 0) is 4.79 Å². The second-order valence-corrected chi connectivity index (χ2v) is 8.43.